The van der Waals surface area contributed by atoms with Gasteiger partial charge >= 0.3 is 0 Å². The Morgan fingerprint density at radius 3 is 3.00 bits per heavy atom. The maximum atomic E-state index is 5.94. The normalized spacial score (nSPS) is 23.8. The zero-order valence-electron chi connectivity index (χ0n) is 14.9. The van der Waals surface area contributed by atoms with Gasteiger partial charge in [0.2, 0.25) is 0 Å². The predicted octanol–water partition coefficient (Wildman–Crippen LogP) is 3.81. The SMILES string of the molecule is CC(CCC1CC(CC2=CC=CNC2)C1)n1ccc2c(N)ncnc21. The van der Waals surface area contributed by atoms with Gasteiger partial charge < -0.3 is 15.6 Å². The van der Waals surface area contributed by atoms with Gasteiger partial charge in [-0.25, -0.2) is 9.97 Å². The van der Waals surface area contributed by atoms with Gasteiger partial charge in [0.1, 0.15) is 17.8 Å². The van der Waals surface area contributed by atoms with Crippen molar-refractivity contribution in [2.45, 2.75) is 45.1 Å². The van der Waals surface area contributed by atoms with E-state index in [0.29, 0.717) is 11.9 Å². The number of nitrogens with two attached hydrogens (primary N) is 1. The van der Waals surface area contributed by atoms with Crippen molar-refractivity contribution in [1.82, 2.24) is 19.9 Å². The summed E-state index contributed by atoms with van der Waals surface area (Å²) in [5.74, 6) is 2.35. The van der Waals surface area contributed by atoms with Crippen LogP contribution < -0.4 is 11.1 Å². The van der Waals surface area contributed by atoms with E-state index >= 15 is 0 Å². The molecule has 5 heteroatoms. The molecule has 0 bridgehead atoms. The fourth-order valence-electron chi connectivity index (χ4n) is 4.25. The summed E-state index contributed by atoms with van der Waals surface area (Å²) < 4.78 is 2.24. The van der Waals surface area contributed by atoms with Crippen LogP contribution in [0, 0.1) is 11.8 Å². The van der Waals surface area contributed by atoms with Crippen LogP contribution >= 0.6 is 0 Å². The topological polar surface area (TPSA) is 68.8 Å². The summed E-state index contributed by atoms with van der Waals surface area (Å²) in [7, 11) is 0. The van der Waals surface area contributed by atoms with Crippen LogP contribution in [0.25, 0.3) is 11.0 Å². The maximum Gasteiger partial charge on any atom is 0.145 e. The Morgan fingerprint density at radius 1 is 1.32 bits per heavy atom. The van der Waals surface area contributed by atoms with Crippen LogP contribution in [-0.2, 0) is 0 Å². The summed E-state index contributed by atoms with van der Waals surface area (Å²) in [5.41, 5.74) is 8.44. The van der Waals surface area contributed by atoms with Crippen molar-refractivity contribution in [3.05, 3.63) is 42.5 Å². The monoisotopic (exact) mass is 337 g/mol. The summed E-state index contributed by atoms with van der Waals surface area (Å²) in [5, 5.41) is 4.26. The minimum absolute atomic E-state index is 0.446. The Bertz CT molecular complexity index is 798. The second-order valence-corrected chi connectivity index (χ2v) is 7.62. The van der Waals surface area contributed by atoms with Crippen molar-refractivity contribution in [3.63, 3.8) is 0 Å². The molecular weight excluding hydrogens is 310 g/mol. The van der Waals surface area contributed by atoms with Gasteiger partial charge in [-0.05, 0) is 69.2 Å². The molecule has 3 heterocycles. The van der Waals surface area contributed by atoms with Crippen molar-refractivity contribution in [1.29, 1.82) is 0 Å². The summed E-state index contributed by atoms with van der Waals surface area (Å²) in [6, 6.07) is 2.47. The van der Waals surface area contributed by atoms with Crippen LogP contribution in [0.3, 0.4) is 0 Å². The minimum Gasteiger partial charge on any atom is -0.387 e. The lowest BCUT2D eigenvalue weighted by Gasteiger charge is -2.37. The van der Waals surface area contributed by atoms with Crippen molar-refractivity contribution in [2.24, 2.45) is 11.8 Å². The molecule has 1 aliphatic carbocycles. The average Bonchev–Trinajstić information content (AvgIpc) is 3.03. The van der Waals surface area contributed by atoms with E-state index in [4.69, 9.17) is 5.73 Å². The highest BCUT2D eigenvalue weighted by molar-refractivity contribution is 5.86. The number of nitrogen functional groups attached to an aromatic ring is 1. The van der Waals surface area contributed by atoms with E-state index in [1.54, 1.807) is 11.9 Å². The molecule has 0 saturated heterocycles. The van der Waals surface area contributed by atoms with Gasteiger partial charge in [0.25, 0.3) is 0 Å². The van der Waals surface area contributed by atoms with E-state index in [1.165, 1.54) is 32.1 Å². The highest BCUT2D eigenvalue weighted by Crippen LogP contribution is 2.41. The Hall–Kier alpha value is -2.30. The lowest BCUT2D eigenvalue weighted by atomic mass is 9.70. The average molecular weight is 337 g/mol. The van der Waals surface area contributed by atoms with Gasteiger partial charge in [-0.15, -0.1) is 0 Å². The zero-order chi connectivity index (χ0) is 17.2. The highest BCUT2D eigenvalue weighted by Gasteiger charge is 2.29. The molecule has 3 N–H and O–H groups in total. The third-order valence-electron chi connectivity index (χ3n) is 5.77. The molecular formula is C20H27N5. The fraction of sp³-hybridized carbons (Fsp3) is 0.500. The summed E-state index contributed by atoms with van der Waals surface area (Å²) in [6.07, 6.45) is 16.6. The third-order valence-corrected chi connectivity index (χ3v) is 5.77. The van der Waals surface area contributed by atoms with Crippen molar-refractivity contribution in [3.8, 4) is 0 Å². The number of hydrogen-bond acceptors (Lipinski definition) is 4. The van der Waals surface area contributed by atoms with Crippen LogP contribution in [0.4, 0.5) is 5.82 Å². The van der Waals surface area contributed by atoms with E-state index in [0.717, 1.165) is 29.4 Å². The van der Waals surface area contributed by atoms with Crippen LogP contribution in [0.15, 0.2) is 42.5 Å². The molecule has 1 unspecified atom stereocenters. The smallest absolute Gasteiger partial charge is 0.145 e. The number of fused-ring (bicyclic) bond motifs is 1. The predicted molar refractivity (Wildman–Crippen MR) is 102 cm³/mol. The molecule has 25 heavy (non-hydrogen) atoms. The first-order valence-electron chi connectivity index (χ1n) is 9.35. The second-order valence-electron chi connectivity index (χ2n) is 7.62. The van der Waals surface area contributed by atoms with Crippen LogP contribution in [0.5, 0.6) is 0 Å². The molecule has 2 aromatic rings. The Labute approximate surface area is 149 Å². The molecule has 1 aliphatic heterocycles. The van der Waals surface area contributed by atoms with Crippen molar-refractivity contribution < 1.29 is 0 Å². The molecule has 2 aliphatic rings. The molecule has 132 valence electrons. The standard InChI is InChI=1S/C20H27N5/c1-14(25-8-6-18-19(21)23-13-24-20(18)25)4-5-15-9-17(10-15)11-16-3-2-7-22-12-16/h2-3,6-8,13-15,17,22H,4-5,9-12H2,1H3,(H2,21,23,24). The van der Waals surface area contributed by atoms with Crippen molar-refractivity contribution >= 4 is 16.9 Å². The number of aromatic nitrogens is 3. The Balaban J connectivity index is 1.27. The summed E-state index contributed by atoms with van der Waals surface area (Å²) in [4.78, 5) is 8.49. The molecule has 0 radical (unpaired) electrons. The lowest BCUT2D eigenvalue weighted by molar-refractivity contribution is 0.171. The lowest BCUT2D eigenvalue weighted by Crippen LogP contribution is -2.26. The zero-order valence-corrected chi connectivity index (χ0v) is 14.9. The van der Waals surface area contributed by atoms with Crippen LogP contribution in [0.1, 0.15) is 45.1 Å². The number of dihydropyridines is 1. The minimum atomic E-state index is 0.446. The Kier molecular flexibility index (Phi) is 4.47. The Morgan fingerprint density at radius 2 is 2.20 bits per heavy atom. The number of rotatable bonds is 6. The van der Waals surface area contributed by atoms with Gasteiger partial charge in [-0.2, -0.15) is 0 Å². The van der Waals surface area contributed by atoms with E-state index in [-0.39, 0.29) is 0 Å². The van der Waals surface area contributed by atoms with Gasteiger partial charge in [0.05, 0.1) is 5.39 Å². The molecule has 0 spiro atoms. The van der Waals surface area contributed by atoms with Crippen LogP contribution in [-0.4, -0.2) is 21.1 Å². The van der Waals surface area contributed by atoms with E-state index in [2.05, 4.69) is 45.1 Å². The molecule has 2 aromatic heterocycles. The molecule has 1 saturated carbocycles. The van der Waals surface area contributed by atoms with Gasteiger partial charge in [-0.1, -0.05) is 11.6 Å². The van der Waals surface area contributed by atoms with Gasteiger partial charge in [-0.3, -0.25) is 0 Å². The maximum absolute atomic E-state index is 5.94. The highest BCUT2D eigenvalue weighted by atomic mass is 15.1. The number of nitrogens with zero attached hydrogens (tertiary/aromatic N) is 3. The summed E-state index contributed by atoms with van der Waals surface area (Å²) in [6.45, 7) is 3.30. The first kappa shape index (κ1) is 16.2. The summed E-state index contributed by atoms with van der Waals surface area (Å²) >= 11 is 0. The quantitative estimate of drug-likeness (QED) is 0.841. The largest absolute Gasteiger partial charge is 0.387 e. The number of anilines is 1. The fourth-order valence-corrected chi connectivity index (χ4v) is 4.25. The number of nitrogens with one attached hydrogen (secondary N) is 1. The molecule has 4 rings (SSSR count). The first-order chi connectivity index (χ1) is 12.2. The van der Waals surface area contributed by atoms with Gasteiger partial charge in [0, 0.05) is 18.8 Å². The second kappa shape index (κ2) is 6.90. The molecule has 5 nitrogen and oxygen atoms in total. The molecule has 0 amide bonds. The molecule has 1 atom stereocenters. The van der Waals surface area contributed by atoms with Crippen molar-refractivity contribution in [2.75, 3.05) is 12.3 Å². The van der Waals surface area contributed by atoms with E-state index in [9.17, 15) is 0 Å². The number of allylic oxidation sites excluding steroid dienone is 2. The molecule has 0 aromatic carbocycles. The van der Waals surface area contributed by atoms with E-state index in [1.807, 2.05) is 12.3 Å². The van der Waals surface area contributed by atoms with E-state index < -0.39 is 0 Å². The number of hydrogen-bond donors (Lipinski definition) is 2. The molecule has 1 fully saturated rings. The third kappa shape index (κ3) is 3.41. The van der Waals surface area contributed by atoms with Gasteiger partial charge in [0.15, 0.2) is 0 Å². The van der Waals surface area contributed by atoms with Crippen LogP contribution in [0.2, 0.25) is 0 Å². The first-order valence-corrected chi connectivity index (χ1v) is 9.35.